The Balaban J connectivity index is 1.35. The van der Waals surface area contributed by atoms with Gasteiger partial charge in [0.1, 0.15) is 21.8 Å². The van der Waals surface area contributed by atoms with E-state index >= 15 is 0 Å². The van der Waals surface area contributed by atoms with Gasteiger partial charge in [0.2, 0.25) is 4.96 Å². The van der Waals surface area contributed by atoms with Crippen LogP contribution < -0.4 is 14.8 Å². The number of nitrogens with zero attached hydrogens (tertiary/aromatic N) is 3. The van der Waals surface area contributed by atoms with Gasteiger partial charge in [0.05, 0.1) is 6.61 Å². The molecule has 6 nitrogen and oxygen atoms in total. The first kappa shape index (κ1) is 22.1. The van der Waals surface area contributed by atoms with Gasteiger partial charge in [-0.25, -0.2) is 0 Å². The molecule has 0 spiro atoms. The molecule has 3 aromatic heterocycles. The highest BCUT2D eigenvalue weighted by Gasteiger charge is 2.10. The van der Waals surface area contributed by atoms with E-state index in [1.807, 2.05) is 66.7 Å². The van der Waals surface area contributed by atoms with E-state index in [4.69, 9.17) is 20.8 Å². The third-order valence-corrected chi connectivity index (χ3v) is 6.22. The summed E-state index contributed by atoms with van der Waals surface area (Å²) < 4.78 is 13.3. The van der Waals surface area contributed by atoms with Crippen LogP contribution in [0.5, 0.6) is 5.75 Å². The van der Waals surface area contributed by atoms with Gasteiger partial charge in [0.15, 0.2) is 5.82 Å². The van der Waals surface area contributed by atoms with Gasteiger partial charge in [-0.05, 0) is 66.6 Å². The number of benzene rings is 2. The predicted octanol–water partition coefficient (Wildman–Crippen LogP) is 5.57. The predicted molar refractivity (Wildman–Crippen MR) is 136 cm³/mol. The molecule has 0 radical (unpaired) electrons. The Kier molecular flexibility index (Phi) is 6.29. The number of hydrogen-bond donors (Lipinski definition) is 0. The maximum absolute atomic E-state index is 12.8. The third-order valence-electron chi connectivity index (χ3n) is 5.00. The fourth-order valence-corrected chi connectivity index (χ4v) is 4.34. The lowest BCUT2D eigenvalue weighted by Gasteiger charge is -2.03. The molecule has 0 N–H and O–H groups in total. The molecule has 0 unspecified atom stereocenters. The lowest BCUT2D eigenvalue weighted by Crippen LogP contribution is -2.23. The molecular weight excluding hydrogens is 470 g/mol. The minimum atomic E-state index is -0.228. The van der Waals surface area contributed by atoms with E-state index in [1.54, 1.807) is 12.2 Å². The minimum Gasteiger partial charge on any atom is -0.494 e. The van der Waals surface area contributed by atoms with Gasteiger partial charge < -0.3 is 9.15 Å². The van der Waals surface area contributed by atoms with Crippen molar-refractivity contribution in [2.45, 2.75) is 13.3 Å². The zero-order valence-electron chi connectivity index (χ0n) is 18.3. The van der Waals surface area contributed by atoms with Crippen LogP contribution in [0, 0.1) is 0 Å². The molecule has 8 heteroatoms. The Morgan fingerprint density at radius 1 is 1.06 bits per heavy atom. The van der Waals surface area contributed by atoms with Crippen molar-refractivity contribution in [1.29, 1.82) is 0 Å². The summed E-state index contributed by atoms with van der Waals surface area (Å²) in [5.41, 5.74) is 1.68. The molecule has 0 fully saturated rings. The number of fused-ring (bicyclic) bond motifs is 1. The summed E-state index contributed by atoms with van der Waals surface area (Å²) in [6.45, 7) is 2.77. The topological polar surface area (TPSA) is 69.6 Å². The summed E-state index contributed by atoms with van der Waals surface area (Å²) in [5, 5.41) is 5.00. The Labute approximate surface area is 204 Å². The number of aromatic nitrogens is 3. The lowest BCUT2D eigenvalue weighted by atomic mass is 10.2. The van der Waals surface area contributed by atoms with Crippen molar-refractivity contribution in [2.24, 2.45) is 0 Å². The molecule has 170 valence electrons. The lowest BCUT2D eigenvalue weighted by molar-refractivity contribution is 0.317. The van der Waals surface area contributed by atoms with Crippen LogP contribution in [-0.2, 0) is 0 Å². The fourth-order valence-electron chi connectivity index (χ4n) is 3.31. The number of furan rings is 1. The SMILES string of the molecule is CCCOc1ccc(/C=C/c2nc3s/c(=C\c4ccc(-c5ccc(Cl)cc5)o4)c(=O)n3n2)cc1. The number of hydrogen-bond acceptors (Lipinski definition) is 6. The molecule has 34 heavy (non-hydrogen) atoms. The first-order valence-electron chi connectivity index (χ1n) is 10.8. The molecule has 0 bridgehead atoms. The van der Waals surface area contributed by atoms with E-state index in [0.29, 0.717) is 38.5 Å². The van der Waals surface area contributed by atoms with Crippen molar-refractivity contribution in [3.05, 3.63) is 97.7 Å². The monoisotopic (exact) mass is 489 g/mol. The van der Waals surface area contributed by atoms with Gasteiger partial charge in [-0.15, -0.1) is 5.10 Å². The molecular formula is C26H20ClN3O3S. The zero-order valence-corrected chi connectivity index (χ0v) is 19.8. The Hall–Kier alpha value is -3.68. The van der Waals surface area contributed by atoms with Crippen LogP contribution in [0.25, 0.3) is 34.5 Å². The molecule has 0 saturated heterocycles. The minimum absolute atomic E-state index is 0.228. The second-order valence-electron chi connectivity index (χ2n) is 7.54. The average Bonchev–Trinajstić information content (AvgIpc) is 3.55. The standard InChI is InChI=1S/C26H20ClN3O3S/c1-2-15-32-20-10-3-17(4-11-20)5-14-24-28-26-30(29-24)25(31)23(34-26)16-21-12-13-22(33-21)18-6-8-19(27)9-7-18/h3-14,16H,2,15H2,1H3/b14-5+,23-16-. The van der Waals surface area contributed by atoms with Gasteiger partial charge >= 0.3 is 0 Å². The van der Waals surface area contributed by atoms with E-state index in [2.05, 4.69) is 17.0 Å². The van der Waals surface area contributed by atoms with Crippen molar-refractivity contribution in [3.8, 4) is 17.1 Å². The smallest absolute Gasteiger partial charge is 0.291 e. The second kappa shape index (κ2) is 9.67. The molecule has 0 aliphatic heterocycles. The Bertz CT molecular complexity index is 1560. The van der Waals surface area contributed by atoms with E-state index in [1.165, 1.54) is 15.9 Å². The molecule has 5 aromatic rings. The van der Waals surface area contributed by atoms with Gasteiger partial charge in [0, 0.05) is 16.7 Å². The van der Waals surface area contributed by atoms with Crippen LogP contribution in [0.1, 0.15) is 30.5 Å². The third kappa shape index (κ3) is 4.81. The van der Waals surface area contributed by atoms with Gasteiger partial charge in [-0.3, -0.25) is 4.79 Å². The van der Waals surface area contributed by atoms with Gasteiger partial charge in [-0.1, -0.05) is 48.1 Å². The molecule has 0 atom stereocenters. The van der Waals surface area contributed by atoms with Crippen LogP contribution in [0.3, 0.4) is 0 Å². The van der Waals surface area contributed by atoms with E-state index in [0.717, 1.165) is 23.3 Å². The highest BCUT2D eigenvalue weighted by atomic mass is 35.5. The average molecular weight is 490 g/mol. The van der Waals surface area contributed by atoms with Gasteiger partial charge in [0.25, 0.3) is 5.56 Å². The normalized spacial score (nSPS) is 12.2. The van der Waals surface area contributed by atoms with Crippen molar-refractivity contribution < 1.29 is 9.15 Å². The van der Waals surface area contributed by atoms with Crippen LogP contribution in [-0.4, -0.2) is 21.2 Å². The summed E-state index contributed by atoms with van der Waals surface area (Å²) in [7, 11) is 0. The molecule has 3 heterocycles. The van der Waals surface area contributed by atoms with Crippen molar-refractivity contribution in [2.75, 3.05) is 6.61 Å². The second-order valence-corrected chi connectivity index (χ2v) is 8.99. The maximum Gasteiger partial charge on any atom is 0.291 e. The highest BCUT2D eigenvalue weighted by Crippen LogP contribution is 2.24. The molecule has 0 amide bonds. The maximum atomic E-state index is 12.8. The Morgan fingerprint density at radius 2 is 1.85 bits per heavy atom. The van der Waals surface area contributed by atoms with E-state index in [9.17, 15) is 4.79 Å². The summed E-state index contributed by atoms with van der Waals surface area (Å²) >= 11 is 7.22. The van der Waals surface area contributed by atoms with Crippen molar-refractivity contribution in [3.63, 3.8) is 0 Å². The Morgan fingerprint density at radius 3 is 2.59 bits per heavy atom. The molecule has 0 aliphatic rings. The molecule has 5 rings (SSSR count). The molecule has 2 aromatic carbocycles. The number of rotatable bonds is 7. The summed E-state index contributed by atoms with van der Waals surface area (Å²) in [6.07, 6.45) is 6.37. The van der Waals surface area contributed by atoms with Crippen molar-refractivity contribution in [1.82, 2.24) is 14.6 Å². The zero-order chi connectivity index (χ0) is 23.5. The van der Waals surface area contributed by atoms with Gasteiger partial charge in [-0.2, -0.15) is 9.50 Å². The van der Waals surface area contributed by atoms with Crippen LogP contribution >= 0.6 is 22.9 Å². The highest BCUT2D eigenvalue weighted by molar-refractivity contribution is 7.15. The van der Waals surface area contributed by atoms with Crippen LogP contribution in [0.15, 0.2) is 69.9 Å². The van der Waals surface area contributed by atoms with E-state index in [-0.39, 0.29) is 5.56 Å². The van der Waals surface area contributed by atoms with Crippen LogP contribution in [0.4, 0.5) is 0 Å². The summed E-state index contributed by atoms with van der Waals surface area (Å²) in [6, 6.07) is 18.9. The number of ether oxygens (including phenoxy) is 1. The number of thiazole rings is 1. The molecule has 0 aliphatic carbocycles. The summed E-state index contributed by atoms with van der Waals surface area (Å²) in [4.78, 5) is 17.8. The first-order chi connectivity index (χ1) is 16.6. The molecule has 0 saturated carbocycles. The quantitative estimate of drug-likeness (QED) is 0.299. The van der Waals surface area contributed by atoms with Crippen LogP contribution in [0.2, 0.25) is 5.02 Å². The van der Waals surface area contributed by atoms with Crippen molar-refractivity contribution >= 4 is 46.1 Å². The summed E-state index contributed by atoms with van der Waals surface area (Å²) in [5.74, 6) is 2.60. The fraction of sp³-hybridized carbons (Fsp3) is 0.115. The first-order valence-corrected chi connectivity index (χ1v) is 12.0. The van der Waals surface area contributed by atoms with E-state index < -0.39 is 0 Å². The number of halogens is 1. The largest absolute Gasteiger partial charge is 0.494 e.